The molecule has 114 valence electrons. The molecule has 0 radical (unpaired) electrons. The van der Waals surface area contributed by atoms with Gasteiger partial charge in [0, 0.05) is 21.8 Å². The van der Waals surface area contributed by atoms with Crippen molar-refractivity contribution in [2.45, 2.75) is 45.6 Å². The Balaban J connectivity index is 1.89. The van der Waals surface area contributed by atoms with Crippen LogP contribution in [0, 0.1) is 11.3 Å². The Morgan fingerprint density at radius 1 is 1.43 bits per heavy atom. The van der Waals surface area contributed by atoms with Crippen LogP contribution in [-0.4, -0.2) is 16.2 Å². The molecule has 3 unspecified atom stereocenters. The average Bonchev–Trinajstić information content (AvgIpc) is 3.05. The van der Waals surface area contributed by atoms with Crippen LogP contribution in [0.5, 0.6) is 0 Å². The maximum Gasteiger partial charge on any atom is 0.230 e. The van der Waals surface area contributed by atoms with E-state index in [4.69, 9.17) is 10.3 Å². The fourth-order valence-electron chi connectivity index (χ4n) is 3.20. The van der Waals surface area contributed by atoms with Crippen LogP contribution in [0.3, 0.4) is 0 Å². The first-order chi connectivity index (χ1) is 9.89. The minimum absolute atomic E-state index is 0.0670. The van der Waals surface area contributed by atoms with Gasteiger partial charge in [-0.25, -0.2) is 0 Å². The lowest BCUT2D eigenvalue weighted by molar-refractivity contribution is 0.0806. The van der Waals surface area contributed by atoms with E-state index in [0.29, 0.717) is 11.7 Å². The van der Waals surface area contributed by atoms with E-state index in [1.807, 2.05) is 11.4 Å². The zero-order valence-corrected chi connectivity index (χ0v) is 14.9. The fourth-order valence-corrected chi connectivity index (χ4v) is 4.55. The smallest absolute Gasteiger partial charge is 0.230 e. The monoisotopic (exact) mass is 369 g/mol. The van der Waals surface area contributed by atoms with E-state index in [1.54, 1.807) is 11.3 Å². The molecule has 1 aliphatic carbocycles. The summed E-state index contributed by atoms with van der Waals surface area (Å²) in [5.74, 6) is 2.14. The number of aromatic nitrogens is 2. The first-order valence-electron chi connectivity index (χ1n) is 7.23. The number of nitrogens with two attached hydrogens (primary N) is 1. The van der Waals surface area contributed by atoms with Gasteiger partial charge in [0.15, 0.2) is 0 Å². The van der Waals surface area contributed by atoms with Gasteiger partial charge >= 0.3 is 0 Å². The van der Waals surface area contributed by atoms with Crippen molar-refractivity contribution >= 4 is 27.3 Å². The molecule has 0 spiro atoms. The van der Waals surface area contributed by atoms with Gasteiger partial charge in [-0.3, -0.25) is 0 Å². The Morgan fingerprint density at radius 2 is 2.19 bits per heavy atom. The molecule has 0 saturated heterocycles. The molecule has 2 N–H and O–H groups in total. The Bertz CT molecular complexity index is 636. The van der Waals surface area contributed by atoms with E-state index in [1.165, 1.54) is 0 Å². The lowest BCUT2D eigenvalue weighted by Crippen LogP contribution is -2.45. The topological polar surface area (TPSA) is 64.9 Å². The SMILES string of the molecule is CC1C(N)CCC(c2nc(-c3cc(Br)cs3)no2)C1(C)C. The van der Waals surface area contributed by atoms with Crippen LogP contribution in [0.2, 0.25) is 0 Å². The molecular weight excluding hydrogens is 350 g/mol. The van der Waals surface area contributed by atoms with Gasteiger partial charge in [0.25, 0.3) is 0 Å². The molecule has 2 aromatic heterocycles. The van der Waals surface area contributed by atoms with Gasteiger partial charge in [-0.2, -0.15) is 4.98 Å². The van der Waals surface area contributed by atoms with E-state index < -0.39 is 0 Å². The molecule has 0 bridgehead atoms. The molecule has 4 nitrogen and oxygen atoms in total. The van der Waals surface area contributed by atoms with Crippen molar-refractivity contribution in [3.63, 3.8) is 0 Å². The third-order valence-corrected chi connectivity index (χ3v) is 6.72. The average molecular weight is 370 g/mol. The van der Waals surface area contributed by atoms with Gasteiger partial charge in [0.1, 0.15) is 0 Å². The molecule has 0 aliphatic heterocycles. The summed E-state index contributed by atoms with van der Waals surface area (Å²) >= 11 is 5.07. The van der Waals surface area contributed by atoms with E-state index in [2.05, 4.69) is 46.8 Å². The molecule has 2 aromatic rings. The Labute approximate surface area is 137 Å². The number of hydrogen-bond acceptors (Lipinski definition) is 5. The summed E-state index contributed by atoms with van der Waals surface area (Å²) in [5, 5.41) is 6.18. The zero-order chi connectivity index (χ0) is 15.2. The van der Waals surface area contributed by atoms with Crippen LogP contribution in [0.1, 0.15) is 45.4 Å². The third kappa shape index (κ3) is 2.69. The number of rotatable bonds is 2. The van der Waals surface area contributed by atoms with Gasteiger partial charge in [0.2, 0.25) is 11.7 Å². The number of halogens is 1. The molecule has 1 aliphatic rings. The first kappa shape index (κ1) is 15.2. The van der Waals surface area contributed by atoms with Crippen molar-refractivity contribution < 1.29 is 4.52 Å². The maximum atomic E-state index is 6.22. The molecule has 6 heteroatoms. The Morgan fingerprint density at radius 3 is 2.86 bits per heavy atom. The van der Waals surface area contributed by atoms with Gasteiger partial charge in [-0.15, -0.1) is 11.3 Å². The molecule has 0 amide bonds. The van der Waals surface area contributed by atoms with Crippen molar-refractivity contribution in [2.24, 2.45) is 17.1 Å². The van der Waals surface area contributed by atoms with Gasteiger partial charge in [-0.05, 0) is 46.2 Å². The molecule has 21 heavy (non-hydrogen) atoms. The predicted octanol–water partition coefficient (Wildman–Crippen LogP) is 4.43. The summed E-state index contributed by atoms with van der Waals surface area (Å²) in [6, 6.07) is 2.27. The van der Waals surface area contributed by atoms with Crippen molar-refractivity contribution in [2.75, 3.05) is 0 Å². The minimum Gasteiger partial charge on any atom is -0.339 e. The minimum atomic E-state index is 0.0670. The van der Waals surface area contributed by atoms with E-state index in [-0.39, 0.29) is 17.4 Å². The maximum absolute atomic E-state index is 6.22. The van der Waals surface area contributed by atoms with Crippen LogP contribution >= 0.6 is 27.3 Å². The quantitative estimate of drug-likeness (QED) is 0.850. The molecule has 0 aromatic carbocycles. The van der Waals surface area contributed by atoms with Gasteiger partial charge in [-0.1, -0.05) is 25.9 Å². The summed E-state index contributed by atoms with van der Waals surface area (Å²) < 4.78 is 6.62. The van der Waals surface area contributed by atoms with Crippen LogP contribution in [0.25, 0.3) is 10.7 Å². The molecule has 1 saturated carbocycles. The highest BCUT2D eigenvalue weighted by Crippen LogP contribution is 2.49. The second kappa shape index (κ2) is 5.48. The van der Waals surface area contributed by atoms with Crippen molar-refractivity contribution in [3.8, 4) is 10.7 Å². The van der Waals surface area contributed by atoms with E-state index >= 15 is 0 Å². The van der Waals surface area contributed by atoms with Crippen LogP contribution in [-0.2, 0) is 0 Å². The molecule has 1 fully saturated rings. The predicted molar refractivity (Wildman–Crippen MR) is 88.2 cm³/mol. The van der Waals surface area contributed by atoms with Crippen LogP contribution in [0.4, 0.5) is 0 Å². The van der Waals surface area contributed by atoms with Gasteiger partial charge in [0.05, 0.1) is 4.88 Å². The van der Waals surface area contributed by atoms with Crippen molar-refractivity contribution in [1.29, 1.82) is 0 Å². The lowest BCUT2D eigenvalue weighted by Gasteiger charge is -2.45. The van der Waals surface area contributed by atoms with Crippen molar-refractivity contribution in [1.82, 2.24) is 10.1 Å². The lowest BCUT2D eigenvalue weighted by atomic mass is 9.61. The third-order valence-electron chi connectivity index (χ3n) is 5.03. The second-order valence-corrected chi connectivity index (χ2v) is 8.32. The fraction of sp³-hybridized carbons (Fsp3) is 0.600. The standard InChI is InChI=1S/C15H20BrN3OS/c1-8-11(17)5-4-10(15(8,2)3)14-18-13(19-20-14)12-6-9(16)7-21-12/h6-8,10-11H,4-5,17H2,1-3H3. The summed E-state index contributed by atoms with van der Waals surface area (Å²) in [5.41, 5.74) is 6.29. The van der Waals surface area contributed by atoms with Gasteiger partial charge < -0.3 is 10.3 Å². The molecule has 3 atom stereocenters. The summed E-state index contributed by atoms with van der Waals surface area (Å²) in [6.45, 7) is 6.74. The molecule has 3 rings (SSSR count). The highest BCUT2D eigenvalue weighted by atomic mass is 79.9. The summed E-state index contributed by atoms with van der Waals surface area (Å²) in [4.78, 5) is 5.67. The highest BCUT2D eigenvalue weighted by molar-refractivity contribution is 9.10. The summed E-state index contributed by atoms with van der Waals surface area (Å²) in [6.07, 6.45) is 2.02. The Hall–Kier alpha value is -0.720. The van der Waals surface area contributed by atoms with Crippen LogP contribution in [0.15, 0.2) is 20.4 Å². The largest absolute Gasteiger partial charge is 0.339 e. The van der Waals surface area contributed by atoms with Crippen LogP contribution < -0.4 is 5.73 Å². The number of hydrogen-bond donors (Lipinski definition) is 1. The highest BCUT2D eigenvalue weighted by Gasteiger charge is 2.44. The first-order valence-corrected chi connectivity index (χ1v) is 8.90. The zero-order valence-electron chi connectivity index (χ0n) is 12.5. The molecular formula is C15H20BrN3OS. The number of thiophene rings is 1. The Kier molecular flexibility index (Phi) is 3.96. The van der Waals surface area contributed by atoms with Crippen molar-refractivity contribution in [3.05, 3.63) is 21.8 Å². The van der Waals surface area contributed by atoms with E-state index in [9.17, 15) is 0 Å². The summed E-state index contributed by atoms with van der Waals surface area (Å²) in [7, 11) is 0. The normalized spacial score (nSPS) is 28.7. The number of nitrogens with zero attached hydrogens (tertiary/aromatic N) is 2. The van der Waals surface area contributed by atoms with E-state index in [0.717, 1.165) is 28.1 Å². The molecule has 2 heterocycles. The second-order valence-electron chi connectivity index (χ2n) is 6.49.